The first-order valence-electron chi connectivity index (χ1n) is 9.00. The number of nitrogens with zero attached hydrogens (tertiary/aromatic N) is 5. The Bertz CT molecular complexity index is 1160. The van der Waals surface area contributed by atoms with Gasteiger partial charge in [0.2, 0.25) is 10.9 Å². The van der Waals surface area contributed by atoms with Gasteiger partial charge in [0.1, 0.15) is 0 Å². The van der Waals surface area contributed by atoms with Gasteiger partial charge >= 0.3 is 0 Å². The fourth-order valence-electron chi connectivity index (χ4n) is 3.22. The van der Waals surface area contributed by atoms with Crippen LogP contribution in [0.25, 0.3) is 22.6 Å². The van der Waals surface area contributed by atoms with E-state index < -0.39 is 5.60 Å². The Hall–Kier alpha value is -3.21. The number of aryl methyl sites for hydroxylation is 1. The summed E-state index contributed by atoms with van der Waals surface area (Å²) in [5.74, 6) is 5.28. The molecule has 1 amide bonds. The van der Waals surface area contributed by atoms with Crippen LogP contribution in [0.4, 0.5) is 0 Å². The van der Waals surface area contributed by atoms with Crippen LogP contribution in [-0.4, -0.2) is 54.9 Å². The molecule has 1 aliphatic rings. The second kappa shape index (κ2) is 7.32. The minimum absolute atomic E-state index is 0.129. The first-order chi connectivity index (χ1) is 13.9. The van der Waals surface area contributed by atoms with Crippen molar-refractivity contribution in [1.29, 1.82) is 0 Å². The fraction of sp³-hybridized carbons (Fsp3) is 0.238. The Morgan fingerprint density at radius 1 is 1.17 bits per heavy atom. The molecule has 1 N–H and O–H groups in total. The zero-order valence-electron chi connectivity index (χ0n) is 15.9. The van der Waals surface area contributed by atoms with Gasteiger partial charge in [0.15, 0.2) is 0 Å². The molecule has 0 spiro atoms. The lowest BCUT2D eigenvalue weighted by Crippen LogP contribution is -2.37. The summed E-state index contributed by atoms with van der Waals surface area (Å²) in [6.07, 6.45) is 1.98. The number of likely N-dealkylation sites (tertiary alicyclic amines) is 1. The largest absolute Gasteiger partial charge is 0.369 e. The SMILES string of the molecule is CN1CCC(O)(C#Cc2cccc(-c3cc(-c4ccnn4C)nc(Cl)n3)c2)C1=O. The Balaban J connectivity index is 1.69. The van der Waals surface area contributed by atoms with Crippen LogP contribution in [-0.2, 0) is 11.8 Å². The molecular weight excluding hydrogens is 390 g/mol. The molecule has 3 aromatic rings. The van der Waals surface area contributed by atoms with Gasteiger partial charge in [-0.3, -0.25) is 9.48 Å². The lowest BCUT2D eigenvalue weighted by molar-refractivity contribution is -0.137. The van der Waals surface area contributed by atoms with E-state index in [4.69, 9.17) is 11.6 Å². The number of benzene rings is 1. The third-order valence-electron chi connectivity index (χ3n) is 4.86. The molecule has 0 saturated carbocycles. The molecule has 0 radical (unpaired) electrons. The van der Waals surface area contributed by atoms with Crippen molar-refractivity contribution in [1.82, 2.24) is 24.6 Å². The van der Waals surface area contributed by atoms with E-state index >= 15 is 0 Å². The fourth-order valence-corrected chi connectivity index (χ4v) is 3.41. The number of aliphatic hydroxyl groups is 1. The molecule has 1 unspecified atom stereocenters. The van der Waals surface area contributed by atoms with Crippen LogP contribution in [0.2, 0.25) is 5.28 Å². The molecule has 29 heavy (non-hydrogen) atoms. The minimum atomic E-state index is -1.63. The van der Waals surface area contributed by atoms with Gasteiger partial charge in [0, 0.05) is 44.4 Å². The highest BCUT2D eigenvalue weighted by atomic mass is 35.5. The molecule has 146 valence electrons. The molecule has 3 heterocycles. The van der Waals surface area contributed by atoms with E-state index in [2.05, 4.69) is 26.9 Å². The monoisotopic (exact) mass is 407 g/mol. The number of hydrogen-bond acceptors (Lipinski definition) is 5. The van der Waals surface area contributed by atoms with Crippen molar-refractivity contribution in [3.8, 4) is 34.5 Å². The summed E-state index contributed by atoms with van der Waals surface area (Å²) in [6, 6.07) is 11.1. The Kier molecular flexibility index (Phi) is 4.82. The van der Waals surface area contributed by atoms with Gasteiger partial charge in [-0.1, -0.05) is 24.0 Å². The highest BCUT2D eigenvalue weighted by Gasteiger charge is 2.42. The summed E-state index contributed by atoms with van der Waals surface area (Å²) < 4.78 is 1.71. The van der Waals surface area contributed by atoms with Crippen LogP contribution in [0.1, 0.15) is 12.0 Å². The summed E-state index contributed by atoms with van der Waals surface area (Å²) in [6.45, 7) is 0.486. The molecule has 0 aliphatic carbocycles. The first-order valence-corrected chi connectivity index (χ1v) is 9.38. The van der Waals surface area contributed by atoms with Crippen molar-refractivity contribution in [2.45, 2.75) is 12.0 Å². The van der Waals surface area contributed by atoms with Crippen molar-refractivity contribution < 1.29 is 9.90 Å². The molecule has 2 aromatic heterocycles. The number of aromatic nitrogens is 4. The minimum Gasteiger partial charge on any atom is -0.369 e. The van der Waals surface area contributed by atoms with Gasteiger partial charge in [-0.25, -0.2) is 9.97 Å². The Labute approximate surface area is 173 Å². The maximum atomic E-state index is 12.1. The molecule has 1 aromatic carbocycles. The van der Waals surface area contributed by atoms with Crippen LogP contribution in [0, 0.1) is 11.8 Å². The lowest BCUT2D eigenvalue weighted by Gasteiger charge is -2.13. The zero-order valence-corrected chi connectivity index (χ0v) is 16.7. The average molecular weight is 408 g/mol. The lowest BCUT2D eigenvalue weighted by atomic mass is 10.0. The summed E-state index contributed by atoms with van der Waals surface area (Å²) in [5, 5.41) is 14.8. The molecule has 7 nitrogen and oxygen atoms in total. The number of halogens is 1. The first kappa shape index (κ1) is 19.1. The third-order valence-corrected chi connectivity index (χ3v) is 5.03. The predicted octanol–water partition coefficient (Wildman–Crippen LogP) is 2.14. The molecule has 4 rings (SSSR count). The van der Waals surface area contributed by atoms with Crippen molar-refractivity contribution in [2.75, 3.05) is 13.6 Å². The van der Waals surface area contributed by atoms with Gasteiger partial charge in [-0.2, -0.15) is 5.10 Å². The predicted molar refractivity (Wildman–Crippen MR) is 109 cm³/mol. The summed E-state index contributed by atoms with van der Waals surface area (Å²) in [5.41, 5.74) is 1.94. The van der Waals surface area contributed by atoms with Crippen molar-refractivity contribution in [3.05, 3.63) is 53.4 Å². The van der Waals surface area contributed by atoms with Crippen molar-refractivity contribution >= 4 is 17.5 Å². The van der Waals surface area contributed by atoms with E-state index in [0.29, 0.717) is 29.9 Å². The number of amides is 1. The molecule has 1 aliphatic heterocycles. The van der Waals surface area contributed by atoms with E-state index in [1.807, 2.05) is 43.4 Å². The van der Waals surface area contributed by atoms with Gasteiger partial charge < -0.3 is 10.0 Å². The van der Waals surface area contributed by atoms with Crippen LogP contribution >= 0.6 is 11.6 Å². The second-order valence-electron chi connectivity index (χ2n) is 6.92. The quantitative estimate of drug-likeness (QED) is 0.519. The van der Waals surface area contributed by atoms with Crippen LogP contribution in [0.3, 0.4) is 0 Å². The maximum absolute atomic E-state index is 12.1. The number of rotatable bonds is 2. The number of hydrogen-bond donors (Lipinski definition) is 1. The van der Waals surface area contributed by atoms with Crippen LogP contribution in [0.5, 0.6) is 0 Å². The van der Waals surface area contributed by atoms with E-state index in [1.54, 1.807) is 17.9 Å². The summed E-state index contributed by atoms with van der Waals surface area (Å²) in [4.78, 5) is 22.2. The molecule has 1 saturated heterocycles. The average Bonchev–Trinajstić information content (AvgIpc) is 3.25. The standard InChI is InChI=1S/C21H18ClN5O2/c1-26-11-9-21(29,19(26)28)8-6-14-4-3-5-15(12-14)16-13-17(25-20(22)24-16)18-7-10-23-27(18)2/h3-5,7,10,12-13,29H,9,11H2,1-2H3. The van der Waals surface area contributed by atoms with Crippen LogP contribution < -0.4 is 0 Å². The molecule has 0 bridgehead atoms. The molecule has 8 heteroatoms. The maximum Gasteiger partial charge on any atom is 0.267 e. The highest BCUT2D eigenvalue weighted by Crippen LogP contribution is 2.26. The molecule has 1 fully saturated rings. The number of likely N-dealkylation sites (N-methyl/N-ethyl adjacent to an activating group) is 1. The van der Waals surface area contributed by atoms with Crippen molar-refractivity contribution in [3.63, 3.8) is 0 Å². The summed E-state index contributed by atoms with van der Waals surface area (Å²) >= 11 is 6.15. The number of carbonyl (C=O) groups is 1. The Morgan fingerprint density at radius 3 is 2.66 bits per heavy atom. The molecular formula is C21H18ClN5O2. The summed E-state index contributed by atoms with van der Waals surface area (Å²) in [7, 11) is 3.48. The highest BCUT2D eigenvalue weighted by molar-refractivity contribution is 6.28. The van der Waals surface area contributed by atoms with Gasteiger partial charge in [-0.15, -0.1) is 0 Å². The smallest absolute Gasteiger partial charge is 0.267 e. The molecule has 1 atom stereocenters. The van der Waals surface area contributed by atoms with Crippen LogP contribution in [0.15, 0.2) is 42.6 Å². The van der Waals surface area contributed by atoms with E-state index in [-0.39, 0.29) is 11.2 Å². The van der Waals surface area contributed by atoms with Crippen molar-refractivity contribution in [2.24, 2.45) is 7.05 Å². The third kappa shape index (κ3) is 3.73. The normalized spacial score (nSPS) is 18.6. The van der Waals surface area contributed by atoms with E-state index in [1.165, 1.54) is 4.90 Å². The number of carbonyl (C=O) groups excluding carboxylic acids is 1. The van der Waals surface area contributed by atoms with Gasteiger partial charge in [0.05, 0.1) is 17.1 Å². The zero-order chi connectivity index (χ0) is 20.6. The van der Waals surface area contributed by atoms with E-state index in [0.717, 1.165) is 11.3 Å². The Morgan fingerprint density at radius 2 is 1.97 bits per heavy atom. The second-order valence-corrected chi connectivity index (χ2v) is 7.25. The van der Waals surface area contributed by atoms with Gasteiger partial charge in [-0.05, 0) is 35.9 Å². The van der Waals surface area contributed by atoms with Gasteiger partial charge in [0.25, 0.3) is 5.91 Å². The van der Waals surface area contributed by atoms with E-state index in [9.17, 15) is 9.90 Å². The topological polar surface area (TPSA) is 84.1 Å².